The first-order chi connectivity index (χ1) is 16.1. The van der Waals surface area contributed by atoms with Gasteiger partial charge >= 0.3 is 0 Å². The zero-order valence-corrected chi connectivity index (χ0v) is 19.5. The smallest absolute Gasteiger partial charge is 0.254 e. The van der Waals surface area contributed by atoms with Crippen molar-refractivity contribution >= 4 is 23.2 Å². The van der Waals surface area contributed by atoms with Crippen molar-refractivity contribution < 1.29 is 19.1 Å². The highest BCUT2D eigenvalue weighted by molar-refractivity contribution is 5.96. The number of rotatable bonds is 6. The first kappa shape index (κ1) is 23.0. The van der Waals surface area contributed by atoms with E-state index in [-0.39, 0.29) is 17.7 Å². The Morgan fingerprint density at radius 1 is 0.879 bits per heavy atom. The van der Waals surface area contributed by atoms with Gasteiger partial charge in [-0.1, -0.05) is 6.07 Å². The molecule has 0 bridgehead atoms. The number of ether oxygens (including phenoxy) is 2. The van der Waals surface area contributed by atoms with Crippen molar-refractivity contribution in [1.82, 2.24) is 4.90 Å². The van der Waals surface area contributed by atoms with Gasteiger partial charge in [0, 0.05) is 55.1 Å². The van der Waals surface area contributed by atoms with Gasteiger partial charge in [-0.05, 0) is 62.4 Å². The van der Waals surface area contributed by atoms with E-state index in [0.29, 0.717) is 43.0 Å². The highest BCUT2D eigenvalue weighted by atomic mass is 16.5. The van der Waals surface area contributed by atoms with Crippen LogP contribution in [0.3, 0.4) is 0 Å². The van der Waals surface area contributed by atoms with Gasteiger partial charge < -0.3 is 24.6 Å². The summed E-state index contributed by atoms with van der Waals surface area (Å²) in [7, 11) is 3.13. The highest BCUT2D eigenvalue weighted by Crippen LogP contribution is 2.27. The van der Waals surface area contributed by atoms with Crippen LogP contribution in [0.25, 0.3) is 0 Å². The van der Waals surface area contributed by atoms with E-state index in [2.05, 4.69) is 22.3 Å². The van der Waals surface area contributed by atoms with Crippen LogP contribution in [0.15, 0.2) is 42.5 Å². The molecule has 7 heteroatoms. The topological polar surface area (TPSA) is 71.1 Å². The number of benzene rings is 2. The van der Waals surface area contributed by atoms with E-state index in [1.807, 2.05) is 12.1 Å². The van der Waals surface area contributed by atoms with Crippen LogP contribution in [0.4, 0.5) is 11.4 Å². The number of methoxy groups -OCH3 is 2. The number of nitrogens with zero attached hydrogens (tertiary/aromatic N) is 2. The van der Waals surface area contributed by atoms with Crippen molar-refractivity contribution in [3.05, 3.63) is 48.0 Å². The molecule has 2 saturated heterocycles. The first-order valence-electron chi connectivity index (χ1n) is 11.8. The van der Waals surface area contributed by atoms with Crippen molar-refractivity contribution in [3.63, 3.8) is 0 Å². The molecule has 33 heavy (non-hydrogen) atoms. The molecule has 176 valence electrons. The maximum absolute atomic E-state index is 13.0. The summed E-state index contributed by atoms with van der Waals surface area (Å²) in [6, 6.07) is 13.3. The highest BCUT2D eigenvalue weighted by Gasteiger charge is 2.28. The second-order valence-corrected chi connectivity index (χ2v) is 8.76. The van der Waals surface area contributed by atoms with Crippen LogP contribution in [-0.2, 0) is 4.79 Å². The van der Waals surface area contributed by atoms with Crippen molar-refractivity contribution in [3.8, 4) is 11.5 Å². The molecule has 7 nitrogen and oxygen atoms in total. The number of anilines is 2. The normalized spacial score (nSPS) is 16.9. The number of nitrogens with one attached hydrogen (secondary N) is 1. The molecule has 0 saturated carbocycles. The van der Waals surface area contributed by atoms with Gasteiger partial charge in [0.05, 0.1) is 14.2 Å². The van der Waals surface area contributed by atoms with Gasteiger partial charge in [-0.15, -0.1) is 0 Å². The minimum Gasteiger partial charge on any atom is -0.497 e. The van der Waals surface area contributed by atoms with Gasteiger partial charge in [0.15, 0.2) is 0 Å². The lowest BCUT2D eigenvalue weighted by Crippen LogP contribution is -2.41. The molecule has 4 rings (SSSR count). The Balaban J connectivity index is 1.33. The minimum atomic E-state index is -0.104. The molecule has 0 atom stereocenters. The third kappa shape index (κ3) is 5.59. The lowest BCUT2D eigenvalue weighted by atomic mass is 9.95. The molecule has 2 aromatic carbocycles. The summed E-state index contributed by atoms with van der Waals surface area (Å²) in [5.41, 5.74) is 2.54. The molecule has 1 N–H and O–H groups in total. The third-order valence-corrected chi connectivity index (χ3v) is 6.59. The van der Waals surface area contributed by atoms with Gasteiger partial charge in [-0.25, -0.2) is 0 Å². The van der Waals surface area contributed by atoms with Gasteiger partial charge in [0.2, 0.25) is 5.91 Å². The summed E-state index contributed by atoms with van der Waals surface area (Å²) in [6.07, 6.45) is 5.02. The van der Waals surface area contributed by atoms with Crippen LogP contribution < -0.4 is 19.7 Å². The SMILES string of the molecule is COc1cc(OC)cc(C(=O)N2CCC(C(=O)Nc3cccc(N4CCCCC4)c3)CC2)c1. The molecule has 2 fully saturated rings. The Morgan fingerprint density at radius 3 is 2.18 bits per heavy atom. The van der Waals surface area contributed by atoms with Gasteiger partial charge in [0.25, 0.3) is 5.91 Å². The van der Waals surface area contributed by atoms with Gasteiger partial charge in [-0.3, -0.25) is 9.59 Å². The molecule has 2 aliphatic rings. The maximum Gasteiger partial charge on any atom is 0.254 e. The predicted molar refractivity (Wildman–Crippen MR) is 129 cm³/mol. The standard InChI is InChI=1S/C26H33N3O4/c1-32-23-15-20(16-24(18-23)33-2)26(31)29-13-9-19(10-14-29)25(30)27-21-7-6-8-22(17-21)28-11-4-3-5-12-28/h6-8,15-19H,3-5,9-14H2,1-2H3,(H,27,30). The molecule has 2 aliphatic heterocycles. The van der Waals surface area contributed by atoms with E-state index in [9.17, 15) is 9.59 Å². The molecule has 2 aromatic rings. The summed E-state index contributed by atoms with van der Waals surface area (Å²) in [5.74, 6) is 1.02. The van der Waals surface area contributed by atoms with Crippen LogP contribution in [0, 0.1) is 5.92 Å². The fourth-order valence-electron chi connectivity index (χ4n) is 4.64. The number of amides is 2. The lowest BCUT2D eigenvalue weighted by molar-refractivity contribution is -0.121. The van der Waals surface area contributed by atoms with Crippen molar-refractivity contribution in [2.75, 3.05) is 50.6 Å². The van der Waals surface area contributed by atoms with Crippen LogP contribution in [-0.4, -0.2) is 57.1 Å². The molecule has 0 unspecified atom stereocenters. The zero-order valence-electron chi connectivity index (χ0n) is 19.5. The van der Waals surface area contributed by atoms with E-state index in [0.717, 1.165) is 18.8 Å². The summed E-state index contributed by atoms with van der Waals surface area (Å²) in [6.45, 7) is 3.24. The molecule has 0 spiro atoms. The van der Waals surface area contributed by atoms with Gasteiger partial charge in [0.1, 0.15) is 11.5 Å². The van der Waals surface area contributed by atoms with E-state index < -0.39 is 0 Å². The van der Waals surface area contributed by atoms with Crippen LogP contribution in [0.1, 0.15) is 42.5 Å². The average molecular weight is 452 g/mol. The van der Waals surface area contributed by atoms with E-state index in [1.54, 1.807) is 37.3 Å². The molecular weight excluding hydrogens is 418 g/mol. The van der Waals surface area contributed by atoms with Crippen LogP contribution in [0.2, 0.25) is 0 Å². The maximum atomic E-state index is 13.0. The van der Waals surface area contributed by atoms with Gasteiger partial charge in [-0.2, -0.15) is 0 Å². The third-order valence-electron chi connectivity index (χ3n) is 6.59. The fourth-order valence-corrected chi connectivity index (χ4v) is 4.64. The molecule has 2 heterocycles. The second kappa shape index (κ2) is 10.6. The monoisotopic (exact) mass is 451 g/mol. The number of carbonyl (C=O) groups excluding carboxylic acids is 2. The Labute approximate surface area is 195 Å². The number of likely N-dealkylation sites (tertiary alicyclic amines) is 1. The molecule has 0 aliphatic carbocycles. The van der Waals surface area contributed by atoms with E-state index in [4.69, 9.17) is 9.47 Å². The summed E-state index contributed by atoms with van der Waals surface area (Å²) < 4.78 is 10.6. The van der Waals surface area contributed by atoms with Crippen LogP contribution >= 0.6 is 0 Å². The van der Waals surface area contributed by atoms with E-state index >= 15 is 0 Å². The Morgan fingerprint density at radius 2 is 1.55 bits per heavy atom. The number of piperidine rings is 2. The Bertz CT molecular complexity index is 957. The first-order valence-corrected chi connectivity index (χ1v) is 11.8. The molecule has 0 radical (unpaired) electrons. The Hall–Kier alpha value is -3.22. The number of carbonyl (C=O) groups is 2. The number of hydrogen-bond donors (Lipinski definition) is 1. The largest absolute Gasteiger partial charge is 0.497 e. The average Bonchev–Trinajstić information content (AvgIpc) is 2.88. The number of hydrogen-bond acceptors (Lipinski definition) is 5. The van der Waals surface area contributed by atoms with Crippen LogP contribution in [0.5, 0.6) is 11.5 Å². The van der Waals surface area contributed by atoms with E-state index in [1.165, 1.54) is 24.9 Å². The summed E-state index contributed by atoms with van der Waals surface area (Å²) >= 11 is 0. The Kier molecular flexibility index (Phi) is 7.37. The summed E-state index contributed by atoms with van der Waals surface area (Å²) in [5, 5.41) is 3.09. The minimum absolute atomic E-state index is 0.0287. The second-order valence-electron chi connectivity index (χ2n) is 8.76. The zero-order chi connectivity index (χ0) is 23.2. The molecular formula is C26H33N3O4. The fraction of sp³-hybridized carbons (Fsp3) is 0.462. The van der Waals surface area contributed by atoms with Crippen molar-refractivity contribution in [2.45, 2.75) is 32.1 Å². The lowest BCUT2D eigenvalue weighted by Gasteiger charge is -2.32. The van der Waals surface area contributed by atoms with Crippen molar-refractivity contribution in [2.24, 2.45) is 5.92 Å². The summed E-state index contributed by atoms with van der Waals surface area (Å²) in [4.78, 5) is 30.1. The predicted octanol–water partition coefficient (Wildman–Crippen LogP) is 4.19. The molecule has 0 aromatic heterocycles. The van der Waals surface area contributed by atoms with Crippen molar-refractivity contribution in [1.29, 1.82) is 0 Å². The quantitative estimate of drug-likeness (QED) is 0.713. The molecule has 2 amide bonds.